The van der Waals surface area contributed by atoms with Crippen molar-refractivity contribution in [2.75, 3.05) is 39.3 Å². The van der Waals surface area contributed by atoms with Gasteiger partial charge in [0.25, 0.3) is 15.8 Å². The maximum absolute atomic E-state index is 13.1. The average molecular weight is 488 g/mol. The number of hydrogen-bond acceptors (Lipinski definition) is 7. The zero-order valence-electron chi connectivity index (χ0n) is 19.3. The van der Waals surface area contributed by atoms with Gasteiger partial charge in [-0.2, -0.15) is 22.1 Å². The minimum absolute atomic E-state index is 0.123. The molecule has 2 aliphatic rings. The molecule has 0 radical (unpaired) electrons. The van der Waals surface area contributed by atoms with Gasteiger partial charge < -0.3 is 9.72 Å². The third kappa shape index (κ3) is 4.51. The minimum atomic E-state index is -3.54. The number of H-pyrrole nitrogens is 1. The van der Waals surface area contributed by atoms with E-state index in [2.05, 4.69) is 20.0 Å². The van der Waals surface area contributed by atoms with Gasteiger partial charge >= 0.3 is 0 Å². The summed E-state index contributed by atoms with van der Waals surface area (Å²) in [4.78, 5) is 22.3. The Kier molecular flexibility index (Phi) is 6.25. The Hall–Kier alpha value is -2.64. The lowest BCUT2D eigenvalue weighted by atomic mass is 10.3. The van der Waals surface area contributed by atoms with Crippen molar-refractivity contribution >= 4 is 21.2 Å². The molecule has 0 spiro atoms. The summed E-state index contributed by atoms with van der Waals surface area (Å²) in [6.07, 6.45) is 1.28. The predicted octanol–water partition coefficient (Wildman–Crippen LogP) is 0.580. The molecule has 2 aliphatic heterocycles. The lowest BCUT2D eigenvalue weighted by molar-refractivity contribution is -0.0457. The van der Waals surface area contributed by atoms with Crippen molar-refractivity contribution in [3.63, 3.8) is 0 Å². The van der Waals surface area contributed by atoms with E-state index in [9.17, 15) is 13.2 Å². The van der Waals surface area contributed by atoms with Gasteiger partial charge in [-0.1, -0.05) is 18.2 Å². The normalized spacial score (nSPS) is 23.5. The van der Waals surface area contributed by atoms with Gasteiger partial charge in [-0.25, -0.2) is 9.67 Å². The van der Waals surface area contributed by atoms with Gasteiger partial charge in [-0.15, -0.1) is 0 Å². The van der Waals surface area contributed by atoms with Gasteiger partial charge in [0, 0.05) is 39.3 Å². The van der Waals surface area contributed by atoms with Crippen LogP contribution in [0.1, 0.15) is 19.7 Å². The maximum Gasteiger partial charge on any atom is 0.282 e. The van der Waals surface area contributed by atoms with Crippen molar-refractivity contribution in [1.29, 1.82) is 0 Å². The Morgan fingerprint density at radius 3 is 2.38 bits per heavy atom. The van der Waals surface area contributed by atoms with Gasteiger partial charge in [0.15, 0.2) is 5.65 Å². The van der Waals surface area contributed by atoms with Crippen molar-refractivity contribution in [1.82, 2.24) is 33.3 Å². The van der Waals surface area contributed by atoms with Crippen LogP contribution in [-0.4, -0.2) is 93.2 Å². The highest BCUT2D eigenvalue weighted by Gasteiger charge is 2.36. The zero-order chi connectivity index (χ0) is 23.9. The second-order valence-electron chi connectivity index (χ2n) is 8.90. The molecule has 11 nitrogen and oxygen atoms in total. The van der Waals surface area contributed by atoms with Crippen LogP contribution in [0.25, 0.3) is 16.7 Å². The number of para-hydroxylation sites is 1. The lowest BCUT2D eigenvalue weighted by Crippen LogP contribution is -2.57. The molecular formula is C22H29N7O4S. The van der Waals surface area contributed by atoms with E-state index in [1.54, 1.807) is 4.68 Å². The molecule has 2 atom stereocenters. The number of hydrogen-bond donors (Lipinski definition) is 1. The van der Waals surface area contributed by atoms with E-state index in [-0.39, 0.29) is 17.8 Å². The molecule has 182 valence electrons. The van der Waals surface area contributed by atoms with Crippen LogP contribution in [0, 0.1) is 0 Å². The highest BCUT2D eigenvalue weighted by Crippen LogP contribution is 2.20. The molecule has 34 heavy (non-hydrogen) atoms. The summed E-state index contributed by atoms with van der Waals surface area (Å²) >= 11 is 0. The summed E-state index contributed by atoms with van der Waals surface area (Å²) in [6.45, 7) is 6.82. The van der Waals surface area contributed by atoms with Crippen molar-refractivity contribution < 1.29 is 13.2 Å². The Morgan fingerprint density at radius 2 is 1.71 bits per heavy atom. The lowest BCUT2D eigenvalue weighted by Gasteiger charge is -2.40. The molecular weight excluding hydrogens is 458 g/mol. The van der Waals surface area contributed by atoms with E-state index in [0.717, 1.165) is 5.69 Å². The van der Waals surface area contributed by atoms with Crippen LogP contribution in [0.5, 0.6) is 0 Å². The number of nitrogens with one attached hydrogen (secondary N) is 1. The van der Waals surface area contributed by atoms with Crippen LogP contribution in [-0.2, 0) is 21.5 Å². The van der Waals surface area contributed by atoms with Crippen LogP contribution in [0.2, 0.25) is 0 Å². The fourth-order valence-corrected chi connectivity index (χ4v) is 6.36. The first-order valence-corrected chi connectivity index (χ1v) is 12.9. The van der Waals surface area contributed by atoms with Crippen LogP contribution < -0.4 is 5.56 Å². The van der Waals surface area contributed by atoms with Crippen LogP contribution >= 0.6 is 0 Å². The summed E-state index contributed by atoms with van der Waals surface area (Å²) in [5, 5.41) is 4.77. The third-order valence-corrected chi connectivity index (χ3v) is 8.20. The topological polar surface area (TPSA) is 117 Å². The van der Waals surface area contributed by atoms with Crippen molar-refractivity contribution in [2.24, 2.45) is 0 Å². The maximum atomic E-state index is 13.1. The minimum Gasteiger partial charge on any atom is -0.373 e. The second kappa shape index (κ2) is 9.19. The fraction of sp³-hybridized carbons (Fsp3) is 0.500. The van der Waals surface area contributed by atoms with Crippen molar-refractivity contribution in [2.45, 2.75) is 32.6 Å². The molecule has 2 unspecified atom stereocenters. The van der Waals surface area contributed by atoms with E-state index in [0.29, 0.717) is 62.7 Å². The molecule has 0 aliphatic carbocycles. The van der Waals surface area contributed by atoms with Crippen LogP contribution in [0.15, 0.2) is 41.3 Å². The molecule has 4 heterocycles. The number of rotatable bonds is 5. The SMILES string of the molecule is CC1CN(S(=O)(=O)N2CCN(Cc3nc4c(cnn4-c4ccccc4)c(=O)[nH]3)CC2)CC(C)O1. The molecule has 3 aromatic rings. The summed E-state index contributed by atoms with van der Waals surface area (Å²) in [6, 6.07) is 9.54. The van der Waals surface area contributed by atoms with Crippen molar-refractivity contribution in [3.8, 4) is 5.69 Å². The van der Waals surface area contributed by atoms with Gasteiger partial charge in [0.2, 0.25) is 0 Å². The molecule has 12 heteroatoms. The molecule has 2 aromatic heterocycles. The summed E-state index contributed by atoms with van der Waals surface area (Å²) in [7, 11) is -3.54. The van der Waals surface area contributed by atoms with Gasteiger partial charge in [0.1, 0.15) is 11.2 Å². The number of nitrogens with zero attached hydrogens (tertiary/aromatic N) is 6. The van der Waals surface area contributed by atoms with E-state index >= 15 is 0 Å². The molecule has 0 bridgehead atoms. The third-order valence-electron chi connectivity index (χ3n) is 6.23. The first kappa shape index (κ1) is 23.1. The Labute approximate surface area is 198 Å². The monoisotopic (exact) mass is 487 g/mol. The quantitative estimate of drug-likeness (QED) is 0.560. The largest absolute Gasteiger partial charge is 0.373 e. The first-order valence-electron chi connectivity index (χ1n) is 11.5. The van der Waals surface area contributed by atoms with E-state index in [1.807, 2.05) is 44.2 Å². The molecule has 0 amide bonds. The Morgan fingerprint density at radius 1 is 1.03 bits per heavy atom. The standard InChI is InChI=1S/C22H29N7O4S/c1-16-13-28(14-17(2)33-16)34(31,32)27-10-8-26(9-11-27)15-20-24-21-19(22(30)25-20)12-23-29(21)18-6-4-3-5-7-18/h3-7,12,16-17H,8-11,13-15H2,1-2H3,(H,24,25,30). The molecule has 5 rings (SSSR count). The molecule has 0 saturated carbocycles. The molecule has 1 N–H and O–H groups in total. The average Bonchev–Trinajstić information content (AvgIpc) is 3.24. The Bertz CT molecular complexity index is 1310. The van der Waals surface area contributed by atoms with Gasteiger partial charge in [-0.05, 0) is 26.0 Å². The summed E-state index contributed by atoms with van der Waals surface area (Å²) in [5.74, 6) is 0.530. The van der Waals surface area contributed by atoms with E-state index in [1.165, 1.54) is 14.8 Å². The number of ether oxygens (including phenoxy) is 1. The van der Waals surface area contributed by atoms with Crippen molar-refractivity contribution in [3.05, 3.63) is 52.7 Å². The number of piperazine rings is 1. The molecule has 1 aromatic carbocycles. The highest BCUT2D eigenvalue weighted by molar-refractivity contribution is 7.86. The van der Waals surface area contributed by atoms with Gasteiger partial charge in [0.05, 0.1) is 30.6 Å². The first-order chi connectivity index (χ1) is 16.3. The van der Waals surface area contributed by atoms with Crippen LogP contribution in [0.3, 0.4) is 0 Å². The van der Waals surface area contributed by atoms with Gasteiger partial charge in [-0.3, -0.25) is 9.69 Å². The smallest absolute Gasteiger partial charge is 0.282 e. The molecule has 2 saturated heterocycles. The molecule has 2 fully saturated rings. The number of aromatic amines is 1. The number of benzene rings is 1. The number of morpholine rings is 1. The van der Waals surface area contributed by atoms with Crippen LogP contribution in [0.4, 0.5) is 0 Å². The predicted molar refractivity (Wildman–Crippen MR) is 127 cm³/mol. The van der Waals surface area contributed by atoms with E-state index in [4.69, 9.17) is 4.74 Å². The fourth-order valence-electron chi connectivity index (χ4n) is 4.61. The number of aromatic nitrogens is 4. The second-order valence-corrected chi connectivity index (χ2v) is 10.8. The summed E-state index contributed by atoms with van der Waals surface area (Å²) in [5.41, 5.74) is 1.09. The zero-order valence-corrected chi connectivity index (χ0v) is 20.1. The summed E-state index contributed by atoms with van der Waals surface area (Å²) < 4.78 is 36.7. The Balaban J connectivity index is 1.28. The highest BCUT2D eigenvalue weighted by atomic mass is 32.2. The number of fused-ring (bicyclic) bond motifs is 1. The van der Waals surface area contributed by atoms with E-state index < -0.39 is 10.2 Å².